The molecule has 0 radical (unpaired) electrons. The number of hydrogen-bond acceptors (Lipinski definition) is 3. The van der Waals surface area contributed by atoms with E-state index >= 15 is 0 Å². The third-order valence-electron chi connectivity index (χ3n) is 2.46. The van der Waals surface area contributed by atoms with Crippen molar-refractivity contribution in [1.82, 2.24) is 5.32 Å². The van der Waals surface area contributed by atoms with Crippen LogP contribution in [0, 0.1) is 11.6 Å². The predicted molar refractivity (Wildman–Crippen MR) is 63.0 cm³/mol. The number of rotatable bonds is 6. The Kier molecular flexibility index (Phi) is 5.37. The number of nitrogens with one attached hydrogen (secondary N) is 1. The third-order valence-corrected chi connectivity index (χ3v) is 2.46. The topological polar surface area (TPSA) is 92.4 Å². The van der Waals surface area contributed by atoms with E-state index in [0.29, 0.717) is 5.56 Å². The fraction of sp³-hybridized carbons (Fsp3) is 0.333. The first-order chi connectivity index (χ1) is 8.90. The lowest BCUT2D eigenvalue weighted by atomic mass is 10.1. The zero-order valence-electron chi connectivity index (χ0n) is 10.0. The summed E-state index contributed by atoms with van der Waals surface area (Å²) in [5, 5.41) is 10.9. The van der Waals surface area contributed by atoms with E-state index in [1.807, 2.05) is 0 Å². The van der Waals surface area contributed by atoms with Gasteiger partial charge in [0.15, 0.2) is 11.6 Å². The van der Waals surface area contributed by atoms with Crippen molar-refractivity contribution in [3.63, 3.8) is 0 Å². The molecule has 0 spiro atoms. The molecule has 1 rings (SSSR count). The van der Waals surface area contributed by atoms with Crippen molar-refractivity contribution in [2.24, 2.45) is 5.73 Å². The molecule has 7 heteroatoms. The van der Waals surface area contributed by atoms with Gasteiger partial charge in [-0.3, -0.25) is 9.59 Å². The summed E-state index contributed by atoms with van der Waals surface area (Å²) in [6, 6.07) is 2.32. The Morgan fingerprint density at radius 3 is 2.58 bits per heavy atom. The Bertz CT molecular complexity index is 480. The van der Waals surface area contributed by atoms with Gasteiger partial charge in [0.1, 0.15) is 0 Å². The summed E-state index contributed by atoms with van der Waals surface area (Å²) in [7, 11) is 0. The van der Waals surface area contributed by atoms with Gasteiger partial charge < -0.3 is 16.2 Å². The fourth-order valence-electron chi connectivity index (χ4n) is 1.38. The van der Waals surface area contributed by atoms with E-state index in [4.69, 9.17) is 10.8 Å². The summed E-state index contributed by atoms with van der Waals surface area (Å²) >= 11 is 0. The predicted octanol–water partition coefficient (Wildman–Crippen LogP) is 0.773. The van der Waals surface area contributed by atoms with Crippen LogP contribution in [0.5, 0.6) is 0 Å². The van der Waals surface area contributed by atoms with Crippen molar-refractivity contribution in [2.75, 3.05) is 0 Å². The van der Waals surface area contributed by atoms with Crippen LogP contribution in [0.15, 0.2) is 18.2 Å². The van der Waals surface area contributed by atoms with Crippen LogP contribution >= 0.6 is 0 Å². The number of carbonyl (C=O) groups excluding carboxylic acids is 1. The van der Waals surface area contributed by atoms with E-state index in [9.17, 15) is 18.4 Å². The van der Waals surface area contributed by atoms with Crippen LogP contribution in [0.2, 0.25) is 0 Å². The molecule has 4 N–H and O–H groups in total. The minimum atomic E-state index is -1.04. The lowest BCUT2D eigenvalue weighted by Gasteiger charge is -2.11. The molecule has 0 aliphatic heterocycles. The van der Waals surface area contributed by atoms with Crippen molar-refractivity contribution < 1.29 is 23.5 Å². The van der Waals surface area contributed by atoms with Crippen LogP contribution in [0.4, 0.5) is 8.78 Å². The van der Waals surface area contributed by atoms with Gasteiger partial charge in [-0.25, -0.2) is 8.78 Å². The van der Waals surface area contributed by atoms with Gasteiger partial charge in [-0.05, 0) is 24.1 Å². The van der Waals surface area contributed by atoms with E-state index in [1.165, 1.54) is 6.07 Å². The maximum atomic E-state index is 12.9. The van der Waals surface area contributed by atoms with E-state index in [1.54, 1.807) is 0 Å². The zero-order chi connectivity index (χ0) is 14.4. The largest absolute Gasteiger partial charge is 0.481 e. The Morgan fingerprint density at radius 2 is 2.00 bits per heavy atom. The Labute approximate surface area is 108 Å². The SMILES string of the molecule is NC(CCC(=O)O)C(=O)NCc1ccc(F)c(F)c1. The quantitative estimate of drug-likeness (QED) is 0.713. The molecule has 104 valence electrons. The number of amides is 1. The van der Waals surface area contributed by atoms with Gasteiger partial charge in [0, 0.05) is 13.0 Å². The van der Waals surface area contributed by atoms with E-state index < -0.39 is 29.6 Å². The molecule has 0 aliphatic carbocycles. The van der Waals surface area contributed by atoms with Crippen LogP contribution < -0.4 is 11.1 Å². The molecule has 0 saturated heterocycles. The first-order valence-corrected chi connectivity index (χ1v) is 5.59. The summed E-state index contributed by atoms with van der Waals surface area (Å²) in [5.74, 6) is -3.54. The number of hydrogen-bond donors (Lipinski definition) is 3. The molecule has 1 amide bonds. The molecule has 0 heterocycles. The molecule has 19 heavy (non-hydrogen) atoms. The smallest absolute Gasteiger partial charge is 0.303 e. The van der Waals surface area contributed by atoms with Crippen molar-refractivity contribution in [3.8, 4) is 0 Å². The number of benzene rings is 1. The highest BCUT2D eigenvalue weighted by Crippen LogP contribution is 2.08. The highest BCUT2D eigenvalue weighted by molar-refractivity contribution is 5.82. The summed E-state index contributed by atoms with van der Waals surface area (Å²) in [4.78, 5) is 21.8. The highest BCUT2D eigenvalue weighted by Gasteiger charge is 2.14. The average Bonchev–Trinajstić information content (AvgIpc) is 2.36. The Morgan fingerprint density at radius 1 is 1.32 bits per heavy atom. The van der Waals surface area contributed by atoms with Crippen LogP contribution in [0.25, 0.3) is 0 Å². The molecule has 5 nitrogen and oxygen atoms in total. The first-order valence-electron chi connectivity index (χ1n) is 5.59. The first kappa shape index (κ1) is 15.0. The lowest BCUT2D eigenvalue weighted by Crippen LogP contribution is -2.40. The molecule has 0 saturated carbocycles. The van der Waals surface area contributed by atoms with E-state index in [2.05, 4.69) is 5.32 Å². The second-order valence-corrected chi connectivity index (χ2v) is 4.01. The van der Waals surface area contributed by atoms with Crippen molar-refractivity contribution in [1.29, 1.82) is 0 Å². The Hall–Kier alpha value is -2.02. The number of nitrogens with two attached hydrogens (primary N) is 1. The van der Waals surface area contributed by atoms with Crippen LogP contribution in [0.3, 0.4) is 0 Å². The minimum absolute atomic E-state index is 0.00317. The number of aliphatic carboxylic acids is 1. The number of carbonyl (C=O) groups is 2. The monoisotopic (exact) mass is 272 g/mol. The molecule has 1 unspecified atom stereocenters. The molecule has 1 atom stereocenters. The molecule has 1 aromatic carbocycles. The van der Waals surface area contributed by atoms with Gasteiger partial charge >= 0.3 is 5.97 Å². The number of halogens is 2. The fourth-order valence-corrected chi connectivity index (χ4v) is 1.38. The van der Waals surface area contributed by atoms with Gasteiger partial charge in [0.05, 0.1) is 6.04 Å². The maximum Gasteiger partial charge on any atom is 0.303 e. The molecule has 0 fully saturated rings. The van der Waals surface area contributed by atoms with Gasteiger partial charge in [-0.2, -0.15) is 0 Å². The lowest BCUT2D eigenvalue weighted by molar-refractivity contribution is -0.137. The van der Waals surface area contributed by atoms with E-state index in [0.717, 1.165) is 12.1 Å². The average molecular weight is 272 g/mol. The zero-order valence-corrected chi connectivity index (χ0v) is 10.0. The van der Waals surface area contributed by atoms with Crippen molar-refractivity contribution >= 4 is 11.9 Å². The van der Waals surface area contributed by atoms with Crippen LogP contribution in [-0.2, 0) is 16.1 Å². The van der Waals surface area contributed by atoms with Gasteiger partial charge in [0.2, 0.25) is 5.91 Å². The molecule has 1 aromatic rings. The van der Waals surface area contributed by atoms with Gasteiger partial charge in [-0.1, -0.05) is 6.07 Å². The van der Waals surface area contributed by atoms with Crippen LogP contribution in [0.1, 0.15) is 18.4 Å². The molecular formula is C12H14F2N2O3. The normalized spacial score (nSPS) is 11.9. The third kappa shape index (κ3) is 5.01. The number of carboxylic acid groups (broad SMARTS) is 1. The highest BCUT2D eigenvalue weighted by atomic mass is 19.2. The van der Waals surface area contributed by atoms with Crippen molar-refractivity contribution in [3.05, 3.63) is 35.4 Å². The van der Waals surface area contributed by atoms with E-state index in [-0.39, 0.29) is 19.4 Å². The number of carboxylic acids is 1. The summed E-state index contributed by atoms with van der Waals surface area (Å²) < 4.78 is 25.6. The van der Waals surface area contributed by atoms with Gasteiger partial charge in [-0.15, -0.1) is 0 Å². The summed E-state index contributed by atoms with van der Waals surface area (Å²) in [6.45, 7) is -0.00317. The second-order valence-electron chi connectivity index (χ2n) is 4.01. The summed E-state index contributed by atoms with van der Waals surface area (Å²) in [5.41, 5.74) is 5.86. The van der Waals surface area contributed by atoms with Gasteiger partial charge in [0.25, 0.3) is 0 Å². The van der Waals surface area contributed by atoms with Crippen molar-refractivity contribution in [2.45, 2.75) is 25.4 Å². The molecular weight excluding hydrogens is 258 g/mol. The Balaban J connectivity index is 2.44. The standard InChI is InChI=1S/C12H14F2N2O3/c13-8-2-1-7(5-9(8)14)6-16-12(19)10(15)3-4-11(17)18/h1-2,5,10H,3-4,6,15H2,(H,16,19)(H,17,18). The molecule has 0 bridgehead atoms. The molecule has 0 aromatic heterocycles. The summed E-state index contributed by atoms with van der Waals surface area (Å²) in [6.07, 6.45) is -0.196. The maximum absolute atomic E-state index is 12.9. The minimum Gasteiger partial charge on any atom is -0.481 e. The van der Waals surface area contributed by atoms with Crippen LogP contribution in [-0.4, -0.2) is 23.0 Å². The second kappa shape index (κ2) is 6.79. The molecule has 0 aliphatic rings.